The Morgan fingerprint density at radius 3 is 2.50 bits per heavy atom. The summed E-state index contributed by atoms with van der Waals surface area (Å²) < 4.78 is 5.58. The third-order valence-corrected chi connectivity index (χ3v) is 3.26. The van der Waals surface area contributed by atoms with E-state index in [1.54, 1.807) is 0 Å². The monoisotopic (exact) mass is 294 g/mol. The predicted octanol–water partition coefficient (Wildman–Crippen LogP) is 4.21. The van der Waals surface area contributed by atoms with Crippen molar-refractivity contribution in [2.75, 3.05) is 5.32 Å². The number of hydrogen-bond donors (Lipinski definition) is 2. The molecule has 0 fully saturated rings. The molecule has 0 aliphatic rings. The zero-order chi connectivity index (χ0) is 15.5. The molecule has 0 saturated carbocycles. The van der Waals surface area contributed by atoms with Crippen LogP contribution in [0.4, 0.5) is 5.69 Å². The van der Waals surface area contributed by atoms with Crippen molar-refractivity contribution < 1.29 is 9.53 Å². The summed E-state index contributed by atoms with van der Waals surface area (Å²) in [5.74, 6) is 0.632. The van der Waals surface area contributed by atoms with Gasteiger partial charge in [0, 0.05) is 16.6 Å². The number of ether oxygens (including phenoxy) is 1. The van der Waals surface area contributed by atoms with Gasteiger partial charge in [-0.3, -0.25) is 4.79 Å². The molecule has 2 aromatic carbocycles. The number of amides is 1. The summed E-state index contributed by atoms with van der Waals surface area (Å²) in [6.45, 7) is 3.96. The number of fused-ring (bicyclic) bond motifs is 1. The SMILES string of the molecule is CC(C)Oc1ccc(NC(=O)c2cc3ccccc3[nH]2)cc1. The maximum Gasteiger partial charge on any atom is 0.272 e. The van der Waals surface area contributed by atoms with Crippen LogP contribution in [0, 0.1) is 0 Å². The van der Waals surface area contributed by atoms with E-state index in [2.05, 4.69) is 10.3 Å². The van der Waals surface area contributed by atoms with Gasteiger partial charge in [0.15, 0.2) is 0 Å². The van der Waals surface area contributed by atoms with Crippen molar-refractivity contribution in [3.63, 3.8) is 0 Å². The van der Waals surface area contributed by atoms with Gasteiger partial charge in [0.05, 0.1) is 6.10 Å². The first kappa shape index (κ1) is 14.2. The van der Waals surface area contributed by atoms with Crippen LogP contribution in [-0.2, 0) is 0 Å². The van der Waals surface area contributed by atoms with Crippen LogP contribution < -0.4 is 10.1 Å². The van der Waals surface area contributed by atoms with Gasteiger partial charge in [0.1, 0.15) is 11.4 Å². The van der Waals surface area contributed by atoms with Gasteiger partial charge in [-0.1, -0.05) is 18.2 Å². The Labute approximate surface area is 129 Å². The smallest absolute Gasteiger partial charge is 0.272 e. The van der Waals surface area contributed by atoms with Crippen LogP contribution in [0.15, 0.2) is 54.6 Å². The third-order valence-electron chi connectivity index (χ3n) is 3.26. The predicted molar refractivity (Wildman–Crippen MR) is 88.5 cm³/mol. The second-order valence-corrected chi connectivity index (χ2v) is 5.42. The number of aromatic nitrogens is 1. The van der Waals surface area contributed by atoms with Gasteiger partial charge in [-0.2, -0.15) is 0 Å². The molecule has 22 heavy (non-hydrogen) atoms. The van der Waals surface area contributed by atoms with Gasteiger partial charge in [-0.25, -0.2) is 0 Å². The fourth-order valence-corrected chi connectivity index (χ4v) is 2.28. The molecule has 0 radical (unpaired) electrons. The molecule has 0 saturated heterocycles. The summed E-state index contributed by atoms with van der Waals surface area (Å²) in [5.41, 5.74) is 2.23. The first-order valence-corrected chi connectivity index (χ1v) is 7.27. The fourth-order valence-electron chi connectivity index (χ4n) is 2.28. The third kappa shape index (κ3) is 3.11. The minimum atomic E-state index is -0.159. The van der Waals surface area contributed by atoms with E-state index in [0.717, 1.165) is 22.3 Å². The van der Waals surface area contributed by atoms with Crippen LogP contribution in [0.5, 0.6) is 5.75 Å². The maximum atomic E-state index is 12.3. The molecular formula is C18H18N2O2. The first-order valence-electron chi connectivity index (χ1n) is 7.27. The van der Waals surface area contributed by atoms with Crippen molar-refractivity contribution in [2.45, 2.75) is 20.0 Å². The minimum absolute atomic E-state index is 0.131. The number of para-hydroxylation sites is 1. The number of benzene rings is 2. The second kappa shape index (κ2) is 5.93. The molecule has 0 bridgehead atoms. The number of hydrogen-bond acceptors (Lipinski definition) is 2. The van der Waals surface area contributed by atoms with Gasteiger partial charge in [-0.05, 0) is 50.2 Å². The highest BCUT2D eigenvalue weighted by Crippen LogP contribution is 2.19. The summed E-state index contributed by atoms with van der Waals surface area (Å²) in [5, 5.41) is 3.90. The normalized spacial score (nSPS) is 10.9. The van der Waals surface area contributed by atoms with Crippen molar-refractivity contribution in [3.8, 4) is 5.75 Å². The lowest BCUT2D eigenvalue weighted by Gasteiger charge is -2.10. The number of carbonyl (C=O) groups excluding carboxylic acids is 1. The van der Waals surface area contributed by atoms with Gasteiger partial charge in [-0.15, -0.1) is 0 Å². The molecule has 4 heteroatoms. The zero-order valence-electron chi connectivity index (χ0n) is 12.6. The lowest BCUT2D eigenvalue weighted by Crippen LogP contribution is -2.12. The summed E-state index contributed by atoms with van der Waals surface area (Å²) >= 11 is 0. The first-order chi connectivity index (χ1) is 10.6. The van der Waals surface area contributed by atoms with Crippen molar-refractivity contribution >= 4 is 22.5 Å². The van der Waals surface area contributed by atoms with Crippen LogP contribution in [-0.4, -0.2) is 17.0 Å². The molecule has 4 nitrogen and oxygen atoms in total. The average molecular weight is 294 g/mol. The van der Waals surface area contributed by atoms with Crippen molar-refractivity contribution in [2.24, 2.45) is 0 Å². The number of carbonyl (C=O) groups is 1. The largest absolute Gasteiger partial charge is 0.491 e. The summed E-state index contributed by atoms with van der Waals surface area (Å²) in [4.78, 5) is 15.4. The Kier molecular flexibility index (Phi) is 3.83. The molecule has 112 valence electrons. The van der Waals surface area contributed by atoms with Crippen molar-refractivity contribution in [1.82, 2.24) is 4.98 Å². The Morgan fingerprint density at radius 2 is 1.82 bits per heavy atom. The Bertz CT molecular complexity index is 755. The fraction of sp³-hybridized carbons (Fsp3) is 0.167. The molecule has 3 aromatic rings. The Balaban J connectivity index is 1.73. The summed E-state index contributed by atoms with van der Waals surface area (Å²) in [6.07, 6.45) is 0.131. The molecule has 1 heterocycles. The van der Waals surface area contributed by atoms with Gasteiger partial charge >= 0.3 is 0 Å². The molecule has 0 aliphatic heterocycles. The van der Waals surface area contributed by atoms with E-state index in [9.17, 15) is 4.79 Å². The van der Waals surface area contributed by atoms with Crippen molar-refractivity contribution in [1.29, 1.82) is 0 Å². The van der Waals surface area contributed by atoms with Gasteiger partial charge in [0.25, 0.3) is 5.91 Å². The molecule has 2 N–H and O–H groups in total. The number of anilines is 1. The summed E-state index contributed by atoms with van der Waals surface area (Å²) in [6, 6.07) is 17.0. The maximum absolute atomic E-state index is 12.3. The van der Waals surface area contributed by atoms with Crippen molar-refractivity contribution in [3.05, 3.63) is 60.3 Å². The lowest BCUT2D eigenvalue weighted by atomic mass is 10.2. The molecular weight excluding hydrogens is 276 g/mol. The van der Waals surface area contributed by atoms with E-state index in [0.29, 0.717) is 5.69 Å². The number of aromatic amines is 1. The number of rotatable bonds is 4. The van der Waals surface area contributed by atoms with E-state index in [1.165, 1.54) is 0 Å². The molecule has 0 unspecified atom stereocenters. The number of nitrogens with one attached hydrogen (secondary N) is 2. The lowest BCUT2D eigenvalue weighted by molar-refractivity contribution is 0.102. The molecule has 3 rings (SSSR count). The number of H-pyrrole nitrogens is 1. The molecule has 0 atom stereocenters. The zero-order valence-corrected chi connectivity index (χ0v) is 12.6. The van der Waals surface area contributed by atoms with Crippen LogP contribution in [0.2, 0.25) is 0 Å². The molecule has 0 aliphatic carbocycles. The molecule has 0 spiro atoms. The highest BCUT2D eigenvalue weighted by molar-refractivity contribution is 6.05. The van der Waals surface area contributed by atoms with Crippen LogP contribution in [0.1, 0.15) is 24.3 Å². The molecule has 1 amide bonds. The Hall–Kier alpha value is -2.75. The summed E-state index contributed by atoms with van der Waals surface area (Å²) in [7, 11) is 0. The highest BCUT2D eigenvalue weighted by Gasteiger charge is 2.09. The van der Waals surface area contributed by atoms with E-state index in [-0.39, 0.29) is 12.0 Å². The molecule has 1 aromatic heterocycles. The average Bonchev–Trinajstić information content (AvgIpc) is 2.93. The van der Waals surface area contributed by atoms with Crippen LogP contribution in [0.25, 0.3) is 10.9 Å². The Morgan fingerprint density at radius 1 is 1.09 bits per heavy atom. The van der Waals surface area contributed by atoms with Crippen LogP contribution in [0.3, 0.4) is 0 Å². The highest BCUT2D eigenvalue weighted by atomic mass is 16.5. The second-order valence-electron chi connectivity index (χ2n) is 5.42. The van der Waals surface area contributed by atoms with E-state index in [4.69, 9.17) is 4.74 Å². The topological polar surface area (TPSA) is 54.1 Å². The quantitative estimate of drug-likeness (QED) is 0.757. The van der Waals surface area contributed by atoms with E-state index in [1.807, 2.05) is 68.4 Å². The standard InChI is InChI=1S/C18H18N2O2/c1-12(2)22-15-9-7-14(8-10-15)19-18(21)17-11-13-5-3-4-6-16(13)20-17/h3-12,20H,1-2H3,(H,19,21). The van der Waals surface area contributed by atoms with Gasteiger partial charge < -0.3 is 15.0 Å². The van der Waals surface area contributed by atoms with Crippen LogP contribution >= 0.6 is 0 Å². The van der Waals surface area contributed by atoms with E-state index >= 15 is 0 Å². The van der Waals surface area contributed by atoms with E-state index < -0.39 is 0 Å². The minimum Gasteiger partial charge on any atom is -0.491 e. The van der Waals surface area contributed by atoms with Gasteiger partial charge in [0.2, 0.25) is 0 Å².